The molecule has 0 aliphatic carbocycles. The first-order valence-corrected chi connectivity index (χ1v) is 9.85. The van der Waals surface area contributed by atoms with Crippen molar-refractivity contribution >= 4 is 19.9 Å². The maximum Gasteiger partial charge on any atom is 0.243 e. The Morgan fingerprint density at radius 3 is 2.77 bits per heavy atom. The summed E-state index contributed by atoms with van der Waals surface area (Å²) in [4.78, 5) is 4.05. The van der Waals surface area contributed by atoms with E-state index in [1.54, 1.807) is 24.4 Å². The molecule has 22 heavy (non-hydrogen) atoms. The number of sulfone groups is 1. The fourth-order valence-corrected chi connectivity index (χ4v) is 5.21. The van der Waals surface area contributed by atoms with Crippen LogP contribution in [0.25, 0.3) is 5.82 Å². The van der Waals surface area contributed by atoms with Crippen LogP contribution in [0.1, 0.15) is 6.42 Å². The molecule has 1 atom stereocenters. The molecule has 10 heteroatoms. The maximum atomic E-state index is 12.3. The molecule has 0 spiro atoms. The van der Waals surface area contributed by atoms with Crippen LogP contribution in [0, 0.1) is 0 Å². The molecule has 8 nitrogen and oxygen atoms in total. The van der Waals surface area contributed by atoms with Gasteiger partial charge in [-0.1, -0.05) is 6.07 Å². The van der Waals surface area contributed by atoms with Crippen LogP contribution >= 0.6 is 0 Å². The highest BCUT2D eigenvalue weighted by Crippen LogP contribution is 2.16. The molecule has 0 amide bonds. The van der Waals surface area contributed by atoms with E-state index >= 15 is 0 Å². The average Bonchev–Trinajstić information content (AvgIpc) is 3.07. The second-order valence-corrected chi connectivity index (χ2v) is 8.97. The molecule has 118 valence electrons. The van der Waals surface area contributed by atoms with Crippen molar-refractivity contribution in [2.75, 3.05) is 11.5 Å². The van der Waals surface area contributed by atoms with Crippen molar-refractivity contribution < 1.29 is 16.8 Å². The number of nitrogens with one attached hydrogen (secondary N) is 1. The van der Waals surface area contributed by atoms with Crippen LogP contribution in [-0.2, 0) is 19.9 Å². The van der Waals surface area contributed by atoms with Gasteiger partial charge in [-0.05, 0) is 18.6 Å². The summed E-state index contributed by atoms with van der Waals surface area (Å²) in [7, 11) is -6.95. The van der Waals surface area contributed by atoms with Crippen molar-refractivity contribution in [1.82, 2.24) is 19.5 Å². The van der Waals surface area contributed by atoms with Gasteiger partial charge in [0.15, 0.2) is 15.7 Å². The number of hydrogen-bond donors (Lipinski definition) is 1. The van der Waals surface area contributed by atoms with Crippen LogP contribution in [0.4, 0.5) is 0 Å². The number of rotatable bonds is 4. The van der Waals surface area contributed by atoms with Crippen molar-refractivity contribution in [3.8, 4) is 5.82 Å². The molecule has 1 fully saturated rings. The number of hydrogen-bond acceptors (Lipinski definition) is 6. The van der Waals surface area contributed by atoms with Crippen molar-refractivity contribution in [3.63, 3.8) is 0 Å². The van der Waals surface area contributed by atoms with Gasteiger partial charge in [-0.2, -0.15) is 5.10 Å². The fraction of sp³-hybridized carbons (Fsp3) is 0.333. The Bertz CT molecular complexity index is 875. The second kappa shape index (κ2) is 5.45. The Morgan fingerprint density at radius 2 is 2.14 bits per heavy atom. The van der Waals surface area contributed by atoms with Crippen LogP contribution in [0.2, 0.25) is 0 Å². The highest BCUT2D eigenvalue weighted by Gasteiger charge is 2.31. The first kappa shape index (κ1) is 15.1. The first-order valence-electron chi connectivity index (χ1n) is 6.55. The number of nitrogens with zero attached hydrogens (tertiary/aromatic N) is 3. The summed E-state index contributed by atoms with van der Waals surface area (Å²) in [5.41, 5.74) is 0. The van der Waals surface area contributed by atoms with E-state index in [0.717, 1.165) is 0 Å². The van der Waals surface area contributed by atoms with E-state index in [4.69, 9.17) is 0 Å². The molecule has 1 aliphatic heterocycles. The predicted molar refractivity (Wildman–Crippen MR) is 78.7 cm³/mol. The molecule has 0 aromatic carbocycles. The van der Waals surface area contributed by atoms with E-state index in [-0.39, 0.29) is 22.8 Å². The summed E-state index contributed by atoms with van der Waals surface area (Å²) >= 11 is 0. The van der Waals surface area contributed by atoms with Gasteiger partial charge in [0.1, 0.15) is 4.90 Å². The molecule has 1 N–H and O–H groups in total. The van der Waals surface area contributed by atoms with Gasteiger partial charge in [-0.25, -0.2) is 31.2 Å². The number of sulfonamides is 1. The predicted octanol–water partition coefficient (Wildman–Crippen LogP) is -0.267. The summed E-state index contributed by atoms with van der Waals surface area (Å²) in [6.07, 6.45) is 4.41. The van der Waals surface area contributed by atoms with Crippen LogP contribution < -0.4 is 4.72 Å². The molecule has 0 radical (unpaired) electrons. The SMILES string of the molecule is O=S1(=O)CC[C@H](NS(=O)(=O)c2cnn(-c3ccccn3)c2)C1. The van der Waals surface area contributed by atoms with Gasteiger partial charge in [0, 0.05) is 12.2 Å². The van der Waals surface area contributed by atoms with E-state index in [1.807, 2.05) is 0 Å². The van der Waals surface area contributed by atoms with Gasteiger partial charge in [0.2, 0.25) is 10.0 Å². The lowest BCUT2D eigenvalue weighted by Gasteiger charge is -2.09. The molecular formula is C12H14N4O4S2. The topological polar surface area (TPSA) is 111 Å². The molecule has 0 unspecified atom stereocenters. The minimum Gasteiger partial charge on any atom is -0.237 e. The summed E-state index contributed by atoms with van der Waals surface area (Å²) in [6.45, 7) is 0. The van der Waals surface area contributed by atoms with Gasteiger partial charge >= 0.3 is 0 Å². The fourth-order valence-electron chi connectivity index (χ4n) is 2.24. The average molecular weight is 342 g/mol. The Hall–Kier alpha value is -1.78. The zero-order valence-corrected chi connectivity index (χ0v) is 13.1. The van der Waals surface area contributed by atoms with Crippen molar-refractivity contribution in [3.05, 3.63) is 36.8 Å². The van der Waals surface area contributed by atoms with E-state index in [1.165, 1.54) is 17.1 Å². The lowest BCUT2D eigenvalue weighted by atomic mass is 10.3. The van der Waals surface area contributed by atoms with E-state index in [9.17, 15) is 16.8 Å². The third-order valence-corrected chi connectivity index (χ3v) is 6.55. The molecule has 0 saturated carbocycles. The summed E-state index contributed by atoms with van der Waals surface area (Å²) < 4.78 is 51.1. The van der Waals surface area contributed by atoms with Gasteiger partial charge in [-0.15, -0.1) is 0 Å². The van der Waals surface area contributed by atoms with E-state index in [2.05, 4.69) is 14.8 Å². The Labute approximate surface area is 128 Å². The molecule has 2 aromatic rings. The molecule has 2 aromatic heterocycles. The van der Waals surface area contributed by atoms with Gasteiger partial charge in [-0.3, -0.25) is 0 Å². The van der Waals surface area contributed by atoms with Crippen LogP contribution in [0.15, 0.2) is 41.7 Å². The molecular weight excluding hydrogens is 328 g/mol. The highest BCUT2D eigenvalue weighted by molar-refractivity contribution is 7.92. The smallest absolute Gasteiger partial charge is 0.237 e. The quantitative estimate of drug-likeness (QED) is 0.819. The largest absolute Gasteiger partial charge is 0.243 e. The summed E-state index contributed by atoms with van der Waals surface area (Å²) in [5.74, 6) is 0.334. The second-order valence-electron chi connectivity index (χ2n) is 5.03. The molecule has 1 saturated heterocycles. The zero-order chi connectivity index (χ0) is 15.8. The van der Waals surface area contributed by atoms with Crippen molar-refractivity contribution in [2.45, 2.75) is 17.4 Å². The third-order valence-electron chi connectivity index (χ3n) is 3.31. The van der Waals surface area contributed by atoms with E-state index in [0.29, 0.717) is 5.82 Å². The maximum absolute atomic E-state index is 12.3. The molecule has 3 rings (SSSR count). The van der Waals surface area contributed by atoms with Crippen LogP contribution in [-0.4, -0.2) is 49.1 Å². The van der Waals surface area contributed by atoms with Crippen molar-refractivity contribution in [1.29, 1.82) is 0 Å². The van der Waals surface area contributed by atoms with Gasteiger partial charge in [0.05, 0.1) is 23.9 Å². The molecule has 0 bridgehead atoms. The van der Waals surface area contributed by atoms with E-state index < -0.39 is 25.9 Å². The lowest BCUT2D eigenvalue weighted by molar-refractivity contribution is 0.562. The van der Waals surface area contributed by atoms with Crippen LogP contribution in [0.3, 0.4) is 0 Å². The standard InChI is InChI=1S/C12H14N4O4S2/c17-21(18)6-4-10(9-21)15-22(19,20)11-7-14-16(8-11)12-3-1-2-5-13-12/h1-3,5,7-8,10,15H,4,6,9H2/t10-/m0/s1. The molecule has 1 aliphatic rings. The zero-order valence-electron chi connectivity index (χ0n) is 11.5. The monoisotopic (exact) mass is 342 g/mol. The lowest BCUT2D eigenvalue weighted by Crippen LogP contribution is -2.35. The summed E-state index contributed by atoms with van der Waals surface area (Å²) in [5, 5.41) is 3.97. The number of aromatic nitrogens is 3. The Kier molecular flexibility index (Phi) is 3.75. The molecule has 3 heterocycles. The first-order chi connectivity index (χ1) is 10.4. The minimum absolute atomic E-state index is 0.00733. The highest BCUT2D eigenvalue weighted by atomic mass is 32.2. The normalized spacial score (nSPS) is 21.0. The van der Waals surface area contributed by atoms with Gasteiger partial charge < -0.3 is 0 Å². The Balaban J connectivity index is 1.80. The van der Waals surface area contributed by atoms with Crippen LogP contribution in [0.5, 0.6) is 0 Å². The third kappa shape index (κ3) is 3.18. The van der Waals surface area contributed by atoms with Gasteiger partial charge in [0.25, 0.3) is 0 Å². The van der Waals surface area contributed by atoms with Crippen molar-refractivity contribution in [2.24, 2.45) is 0 Å². The number of pyridine rings is 1. The summed E-state index contributed by atoms with van der Waals surface area (Å²) in [6, 6.07) is 4.61. The Morgan fingerprint density at radius 1 is 1.32 bits per heavy atom. The minimum atomic E-state index is -3.81.